The van der Waals surface area contributed by atoms with Crippen molar-refractivity contribution in [3.63, 3.8) is 0 Å². The summed E-state index contributed by atoms with van der Waals surface area (Å²) in [5, 5.41) is 0.948. The van der Waals surface area contributed by atoms with Crippen LogP contribution in [0.15, 0.2) is 27.1 Å². The minimum atomic E-state index is -0.405. The molecule has 0 bridgehead atoms. The van der Waals surface area contributed by atoms with E-state index in [0.29, 0.717) is 37.7 Å². The molecule has 118 valence electrons. The minimum Gasteiger partial charge on any atom is -0.460 e. The predicted octanol–water partition coefficient (Wildman–Crippen LogP) is 3.20. The minimum absolute atomic E-state index is 0.307. The van der Waals surface area contributed by atoms with E-state index in [1.807, 2.05) is 18.2 Å². The molecule has 1 aromatic heterocycles. The van der Waals surface area contributed by atoms with Crippen molar-refractivity contribution in [3.8, 4) is 0 Å². The lowest BCUT2D eigenvalue weighted by molar-refractivity contribution is 0.0334. The summed E-state index contributed by atoms with van der Waals surface area (Å²) >= 11 is 3.48. The van der Waals surface area contributed by atoms with Crippen molar-refractivity contribution in [3.05, 3.63) is 34.0 Å². The molecule has 0 aliphatic carbocycles. The first kappa shape index (κ1) is 15.5. The second-order valence-corrected chi connectivity index (χ2v) is 6.07. The van der Waals surface area contributed by atoms with E-state index in [-0.39, 0.29) is 0 Å². The van der Waals surface area contributed by atoms with Crippen LogP contribution in [0.25, 0.3) is 11.0 Å². The van der Waals surface area contributed by atoms with E-state index >= 15 is 0 Å². The van der Waals surface area contributed by atoms with Crippen molar-refractivity contribution in [2.24, 2.45) is 0 Å². The molecule has 0 saturated carbocycles. The van der Waals surface area contributed by atoms with Gasteiger partial charge in [0.15, 0.2) is 0 Å². The third-order valence-electron chi connectivity index (χ3n) is 3.70. The number of esters is 1. The topological polar surface area (TPSA) is 51.9 Å². The fourth-order valence-corrected chi connectivity index (χ4v) is 2.98. The average molecular weight is 368 g/mol. The third kappa shape index (κ3) is 3.19. The molecule has 6 heteroatoms. The van der Waals surface area contributed by atoms with Gasteiger partial charge in [-0.3, -0.25) is 4.90 Å². The molecular weight excluding hydrogens is 350 g/mol. The summed E-state index contributed by atoms with van der Waals surface area (Å²) in [6.45, 7) is 5.91. The maximum Gasteiger partial charge on any atom is 0.374 e. The molecule has 1 aliphatic rings. The van der Waals surface area contributed by atoms with Crippen LogP contribution in [0.1, 0.15) is 23.0 Å². The standard InChI is InChI=1S/C16H18BrNO4/c1-2-21-16(19)15-13(10-18-5-7-20-8-6-18)12-9-11(17)3-4-14(12)22-15/h3-4,9H,2,5-8,10H2,1H3. The monoisotopic (exact) mass is 367 g/mol. The highest BCUT2D eigenvalue weighted by Gasteiger charge is 2.24. The van der Waals surface area contributed by atoms with Crippen molar-refractivity contribution < 1.29 is 18.7 Å². The van der Waals surface area contributed by atoms with E-state index in [0.717, 1.165) is 28.5 Å². The first-order valence-corrected chi connectivity index (χ1v) is 8.16. The zero-order valence-electron chi connectivity index (χ0n) is 12.4. The lowest BCUT2D eigenvalue weighted by Gasteiger charge is -2.26. The van der Waals surface area contributed by atoms with Gasteiger partial charge in [-0.1, -0.05) is 15.9 Å². The van der Waals surface area contributed by atoms with Gasteiger partial charge < -0.3 is 13.9 Å². The van der Waals surface area contributed by atoms with Crippen LogP contribution in [0.3, 0.4) is 0 Å². The van der Waals surface area contributed by atoms with Crippen LogP contribution < -0.4 is 0 Å². The zero-order valence-corrected chi connectivity index (χ0v) is 14.0. The van der Waals surface area contributed by atoms with E-state index < -0.39 is 5.97 Å². The largest absolute Gasteiger partial charge is 0.460 e. The van der Waals surface area contributed by atoms with E-state index in [1.165, 1.54) is 0 Å². The van der Waals surface area contributed by atoms with Crippen LogP contribution in [0.4, 0.5) is 0 Å². The maximum absolute atomic E-state index is 12.2. The number of nitrogens with zero attached hydrogens (tertiary/aromatic N) is 1. The lowest BCUT2D eigenvalue weighted by Crippen LogP contribution is -2.36. The van der Waals surface area contributed by atoms with Gasteiger partial charge in [-0.05, 0) is 25.1 Å². The summed E-state index contributed by atoms with van der Waals surface area (Å²) in [6, 6.07) is 5.75. The molecule has 2 aromatic rings. The zero-order chi connectivity index (χ0) is 15.5. The van der Waals surface area contributed by atoms with E-state index in [1.54, 1.807) is 6.92 Å². The van der Waals surface area contributed by atoms with Gasteiger partial charge in [-0.2, -0.15) is 0 Å². The molecule has 5 nitrogen and oxygen atoms in total. The number of carbonyl (C=O) groups excluding carboxylic acids is 1. The molecule has 0 amide bonds. The molecule has 0 radical (unpaired) electrons. The molecule has 0 unspecified atom stereocenters. The Kier molecular flexibility index (Phi) is 4.81. The highest BCUT2D eigenvalue weighted by atomic mass is 79.9. The Balaban J connectivity index is 2.00. The predicted molar refractivity (Wildman–Crippen MR) is 86.0 cm³/mol. The Labute approximate surface area is 137 Å². The highest BCUT2D eigenvalue weighted by molar-refractivity contribution is 9.10. The lowest BCUT2D eigenvalue weighted by atomic mass is 10.1. The normalized spacial score (nSPS) is 16.1. The summed E-state index contributed by atoms with van der Waals surface area (Å²) in [5.74, 6) is -0.0977. The van der Waals surface area contributed by atoms with Gasteiger partial charge in [0, 0.05) is 35.1 Å². The second kappa shape index (κ2) is 6.81. The number of rotatable bonds is 4. The van der Waals surface area contributed by atoms with Gasteiger partial charge >= 0.3 is 5.97 Å². The van der Waals surface area contributed by atoms with E-state index in [2.05, 4.69) is 20.8 Å². The molecule has 2 heterocycles. The first-order chi connectivity index (χ1) is 10.7. The van der Waals surface area contributed by atoms with E-state index in [4.69, 9.17) is 13.9 Å². The van der Waals surface area contributed by atoms with Gasteiger partial charge in [0.1, 0.15) is 5.58 Å². The first-order valence-electron chi connectivity index (χ1n) is 7.37. The summed E-state index contributed by atoms with van der Waals surface area (Å²) < 4.78 is 17.2. The van der Waals surface area contributed by atoms with Crippen LogP contribution in [0.5, 0.6) is 0 Å². The summed E-state index contributed by atoms with van der Waals surface area (Å²) in [5.41, 5.74) is 1.59. The number of ether oxygens (including phenoxy) is 2. The van der Waals surface area contributed by atoms with Crippen molar-refractivity contribution in [2.75, 3.05) is 32.9 Å². The van der Waals surface area contributed by atoms with Crippen molar-refractivity contribution in [2.45, 2.75) is 13.5 Å². The summed E-state index contributed by atoms with van der Waals surface area (Å²) in [7, 11) is 0. The van der Waals surface area contributed by atoms with Crippen LogP contribution in [0, 0.1) is 0 Å². The quantitative estimate of drug-likeness (QED) is 0.776. The number of hydrogen-bond donors (Lipinski definition) is 0. The second-order valence-electron chi connectivity index (χ2n) is 5.16. The number of benzene rings is 1. The summed E-state index contributed by atoms with van der Waals surface area (Å²) in [6.07, 6.45) is 0. The van der Waals surface area contributed by atoms with Crippen LogP contribution in [0.2, 0.25) is 0 Å². The molecular formula is C16H18BrNO4. The van der Waals surface area contributed by atoms with Gasteiger partial charge in [-0.25, -0.2) is 4.79 Å². The SMILES string of the molecule is CCOC(=O)c1oc2ccc(Br)cc2c1CN1CCOCC1. The number of fused-ring (bicyclic) bond motifs is 1. The highest BCUT2D eigenvalue weighted by Crippen LogP contribution is 2.30. The van der Waals surface area contributed by atoms with Crippen molar-refractivity contribution in [1.29, 1.82) is 0 Å². The fourth-order valence-electron chi connectivity index (χ4n) is 2.62. The van der Waals surface area contributed by atoms with Gasteiger partial charge in [0.05, 0.1) is 19.8 Å². The number of hydrogen-bond acceptors (Lipinski definition) is 5. The third-order valence-corrected chi connectivity index (χ3v) is 4.19. The smallest absolute Gasteiger partial charge is 0.374 e. The van der Waals surface area contributed by atoms with Gasteiger partial charge in [0.2, 0.25) is 5.76 Å². The maximum atomic E-state index is 12.2. The molecule has 1 fully saturated rings. The van der Waals surface area contributed by atoms with Crippen LogP contribution >= 0.6 is 15.9 Å². The fraction of sp³-hybridized carbons (Fsp3) is 0.438. The Morgan fingerprint density at radius 3 is 2.86 bits per heavy atom. The van der Waals surface area contributed by atoms with Crippen LogP contribution in [-0.2, 0) is 16.0 Å². The Hall–Kier alpha value is -1.37. The number of carbonyl (C=O) groups is 1. The summed E-state index contributed by atoms with van der Waals surface area (Å²) in [4.78, 5) is 14.5. The Morgan fingerprint density at radius 2 is 2.14 bits per heavy atom. The van der Waals surface area contributed by atoms with Crippen molar-refractivity contribution in [1.82, 2.24) is 4.90 Å². The number of furan rings is 1. The van der Waals surface area contributed by atoms with Gasteiger partial charge in [0.25, 0.3) is 0 Å². The molecule has 0 atom stereocenters. The number of morpholine rings is 1. The molecule has 22 heavy (non-hydrogen) atoms. The molecule has 1 aliphatic heterocycles. The Bertz CT molecular complexity index is 676. The molecule has 0 N–H and O–H groups in total. The molecule has 3 rings (SSSR count). The molecule has 0 spiro atoms. The number of halogens is 1. The van der Waals surface area contributed by atoms with Crippen LogP contribution in [-0.4, -0.2) is 43.8 Å². The average Bonchev–Trinajstić information content (AvgIpc) is 2.87. The molecule has 1 saturated heterocycles. The van der Waals surface area contributed by atoms with Crippen molar-refractivity contribution >= 4 is 32.9 Å². The van der Waals surface area contributed by atoms with Gasteiger partial charge in [-0.15, -0.1) is 0 Å². The molecule has 1 aromatic carbocycles. The van der Waals surface area contributed by atoms with E-state index in [9.17, 15) is 4.79 Å². The Morgan fingerprint density at radius 1 is 1.36 bits per heavy atom.